The van der Waals surface area contributed by atoms with Crippen LogP contribution in [0.25, 0.3) is 0 Å². The van der Waals surface area contributed by atoms with Crippen LogP contribution in [0.5, 0.6) is 0 Å². The summed E-state index contributed by atoms with van der Waals surface area (Å²) in [4.78, 5) is 13.3. The molecule has 2 bridgehead atoms. The first-order chi connectivity index (χ1) is 5.70. The van der Waals surface area contributed by atoms with E-state index in [-0.39, 0.29) is 10.7 Å². The van der Waals surface area contributed by atoms with E-state index < -0.39 is 0 Å². The minimum absolute atomic E-state index is 0.148. The highest BCUT2D eigenvalue weighted by molar-refractivity contribution is 6.63. The molecule has 0 aromatic carbocycles. The van der Waals surface area contributed by atoms with Crippen molar-refractivity contribution in [2.24, 2.45) is 5.41 Å². The predicted octanol–water partition coefficient (Wildman–Crippen LogP) is 1.63. The Morgan fingerprint density at radius 3 is 2.17 bits per heavy atom. The van der Waals surface area contributed by atoms with E-state index >= 15 is 0 Å². The summed E-state index contributed by atoms with van der Waals surface area (Å²) in [6.45, 7) is 3.51. The molecule has 0 aliphatic carbocycles. The first-order valence-corrected chi connectivity index (χ1v) is 4.99. The lowest BCUT2D eigenvalue weighted by Gasteiger charge is -2.47. The summed E-state index contributed by atoms with van der Waals surface area (Å²) in [6.07, 6.45) is 4.12. The van der Waals surface area contributed by atoms with E-state index in [4.69, 9.17) is 11.6 Å². The van der Waals surface area contributed by atoms with Gasteiger partial charge in [-0.25, -0.2) is 0 Å². The molecule has 3 aliphatic heterocycles. The fourth-order valence-electron chi connectivity index (χ4n) is 2.46. The van der Waals surface area contributed by atoms with Crippen LogP contribution in [0.3, 0.4) is 0 Å². The van der Waals surface area contributed by atoms with Crippen molar-refractivity contribution in [3.63, 3.8) is 0 Å². The van der Waals surface area contributed by atoms with Gasteiger partial charge in [-0.3, -0.25) is 4.79 Å². The molecule has 0 radical (unpaired) electrons. The standard InChI is InChI=1S/C9H14ClNO/c10-8(12)7-9-1-4-11(5-2-9)6-3-9/h1-7H2. The molecule has 0 saturated carbocycles. The van der Waals surface area contributed by atoms with Crippen LogP contribution in [-0.2, 0) is 4.79 Å². The second-order valence-electron chi connectivity index (χ2n) is 4.12. The minimum atomic E-state index is -0.148. The molecule has 0 spiro atoms. The van der Waals surface area contributed by atoms with Crippen molar-refractivity contribution >= 4 is 16.8 Å². The normalized spacial score (nSPS) is 39.9. The zero-order chi connectivity index (χ0) is 8.60. The average molecular weight is 188 g/mol. The van der Waals surface area contributed by atoms with Crippen molar-refractivity contribution in [2.75, 3.05) is 19.6 Å². The molecule has 0 atom stereocenters. The average Bonchev–Trinajstić information content (AvgIpc) is 2.05. The number of carbonyl (C=O) groups excluding carboxylic acids is 1. The Labute approximate surface area is 77.9 Å². The third-order valence-electron chi connectivity index (χ3n) is 3.39. The van der Waals surface area contributed by atoms with E-state index in [1.807, 2.05) is 0 Å². The molecule has 0 aromatic rings. The molecule has 0 aromatic heterocycles. The van der Waals surface area contributed by atoms with Gasteiger partial charge in [0.25, 0.3) is 0 Å². The van der Waals surface area contributed by atoms with Crippen molar-refractivity contribution in [3.05, 3.63) is 0 Å². The van der Waals surface area contributed by atoms with Gasteiger partial charge in [0.05, 0.1) is 0 Å². The van der Waals surface area contributed by atoms with Crippen LogP contribution in [0.4, 0.5) is 0 Å². The zero-order valence-corrected chi connectivity index (χ0v) is 7.94. The van der Waals surface area contributed by atoms with Crippen LogP contribution in [0.15, 0.2) is 0 Å². The molecule has 3 heteroatoms. The lowest BCUT2D eigenvalue weighted by Crippen LogP contribution is -2.48. The number of hydrogen-bond donors (Lipinski definition) is 0. The molecule has 3 fully saturated rings. The Morgan fingerprint density at radius 2 is 1.75 bits per heavy atom. The van der Waals surface area contributed by atoms with E-state index in [0.717, 1.165) is 0 Å². The Balaban J connectivity index is 2.03. The first-order valence-electron chi connectivity index (χ1n) is 4.61. The molecule has 3 aliphatic rings. The summed E-state index contributed by atoms with van der Waals surface area (Å²) in [5.41, 5.74) is 0.285. The summed E-state index contributed by atoms with van der Waals surface area (Å²) >= 11 is 5.44. The smallest absolute Gasteiger partial charge is 0.222 e. The molecule has 68 valence electrons. The van der Waals surface area contributed by atoms with Gasteiger partial charge in [-0.15, -0.1) is 0 Å². The molecule has 3 rings (SSSR count). The number of nitrogens with zero attached hydrogens (tertiary/aromatic N) is 1. The van der Waals surface area contributed by atoms with Gasteiger partial charge in [0.1, 0.15) is 0 Å². The van der Waals surface area contributed by atoms with E-state index in [1.54, 1.807) is 0 Å². The number of hydrogen-bond acceptors (Lipinski definition) is 2. The quantitative estimate of drug-likeness (QED) is 0.613. The van der Waals surface area contributed by atoms with Gasteiger partial charge in [-0.1, -0.05) is 0 Å². The van der Waals surface area contributed by atoms with Gasteiger partial charge in [-0.05, 0) is 55.9 Å². The topological polar surface area (TPSA) is 20.3 Å². The van der Waals surface area contributed by atoms with Gasteiger partial charge in [-0.2, -0.15) is 0 Å². The second kappa shape index (κ2) is 3.00. The number of halogens is 1. The highest BCUT2D eigenvalue weighted by atomic mass is 35.5. The fraction of sp³-hybridized carbons (Fsp3) is 0.889. The molecule has 3 heterocycles. The predicted molar refractivity (Wildman–Crippen MR) is 48.2 cm³/mol. The number of rotatable bonds is 2. The van der Waals surface area contributed by atoms with E-state index in [9.17, 15) is 4.79 Å². The molecule has 0 unspecified atom stereocenters. The maximum atomic E-state index is 10.8. The van der Waals surface area contributed by atoms with Gasteiger partial charge >= 0.3 is 0 Å². The Morgan fingerprint density at radius 1 is 1.25 bits per heavy atom. The third kappa shape index (κ3) is 1.50. The van der Waals surface area contributed by atoms with E-state index in [2.05, 4.69) is 4.90 Å². The van der Waals surface area contributed by atoms with Crippen LogP contribution >= 0.6 is 11.6 Å². The lowest BCUT2D eigenvalue weighted by atomic mass is 9.70. The van der Waals surface area contributed by atoms with Crippen molar-refractivity contribution in [1.29, 1.82) is 0 Å². The molecule has 2 nitrogen and oxygen atoms in total. The fourth-order valence-corrected chi connectivity index (χ4v) is 2.74. The van der Waals surface area contributed by atoms with Crippen LogP contribution in [-0.4, -0.2) is 29.8 Å². The summed E-state index contributed by atoms with van der Waals surface area (Å²) in [5, 5.41) is -0.148. The Bertz CT molecular complexity index is 183. The lowest BCUT2D eigenvalue weighted by molar-refractivity contribution is -0.116. The summed E-state index contributed by atoms with van der Waals surface area (Å²) in [6, 6.07) is 0. The maximum Gasteiger partial charge on any atom is 0.222 e. The highest BCUT2D eigenvalue weighted by Gasteiger charge is 2.40. The third-order valence-corrected chi connectivity index (χ3v) is 3.52. The number of carbonyl (C=O) groups is 1. The molecule has 12 heavy (non-hydrogen) atoms. The van der Waals surface area contributed by atoms with Crippen molar-refractivity contribution in [3.8, 4) is 0 Å². The zero-order valence-electron chi connectivity index (χ0n) is 7.18. The van der Waals surface area contributed by atoms with Gasteiger partial charge < -0.3 is 4.90 Å². The van der Waals surface area contributed by atoms with Crippen LogP contribution in [0.1, 0.15) is 25.7 Å². The molecule has 0 amide bonds. The van der Waals surface area contributed by atoms with E-state index in [0.29, 0.717) is 6.42 Å². The van der Waals surface area contributed by atoms with Crippen molar-refractivity contribution in [2.45, 2.75) is 25.7 Å². The van der Waals surface area contributed by atoms with Gasteiger partial charge in [0, 0.05) is 6.42 Å². The maximum absolute atomic E-state index is 10.8. The molecular weight excluding hydrogens is 174 g/mol. The monoisotopic (exact) mass is 187 g/mol. The Hall–Kier alpha value is -0.0800. The molecule has 3 saturated heterocycles. The van der Waals surface area contributed by atoms with Crippen LogP contribution < -0.4 is 0 Å². The SMILES string of the molecule is O=C(Cl)CC12CCN(CC1)CC2. The van der Waals surface area contributed by atoms with E-state index in [1.165, 1.54) is 38.9 Å². The van der Waals surface area contributed by atoms with Crippen molar-refractivity contribution in [1.82, 2.24) is 4.90 Å². The summed E-state index contributed by atoms with van der Waals surface area (Å²) < 4.78 is 0. The Kier molecular flexibility index (Phi) is 2.13. The van der Waals surface area contributed by atoms with Gasteiger partial charge in [0.2, 0.25) is 5.24 Å². The van der Waals surface area contributed by atoms with Crippen LogP contribution in [0.2, 0.25) is 0 Å². The van der Waals surface area contributed by atoms with Gasteiger partial charge in [0.15, 0.2) is 0 Å². The first kappa shape index (κ1) is 8.52. The number of fused-ring (bicyclic) bond motifs is 3. The molecule has 0 N–H and O–H groups in total. The van der Waals surface area contributed by atoms with Crippen LogP contribution in [0, 0.1) is 5.41 Å². The summed E-state index contributed by atoms with van der Waals surface area (Å²) in [7, 11) is 0. The second-order valence-corrected chi connectivity index (χ2v) is 4.55. The summed E-state index contributed by atoms with van der Waals surface area (Å²) in [5.74, 6) is 0. The molecular formula is C9H14ClNO. The minimum Gasteiger partial charge on any atom is -0.303 e. The number of piperidine rings is 3. The highest BCUT2D eigenvalue weighted by Crippen LogP contribution is 2.43. The van der Waals surface area contributed by atoms with Crippen molar-refractivity contribution < 1.29 is 4.79 Å². The largest absolute Gasteiger partial charge is 0.303 e.